The van der Waals surface area contributed by atoms with Crippen LogP contribution in [0, 0.1) is 0 Å². The van der Waals surface area contributed by atoms with Gasteiger partial charge in [-0.1, -0.05) is 48.5 Å². The third kappa shape index (κ3) is 4.09. The fraction of sp³-hybridized carbons (Fsp3) is 0.286. The summed E-state index contributed by atoms with van der Waals surface area (Å²) < 4.78 is 0. The van der Waals surface area contributed by atoms with E-state index in [1.807, 2.05) is 54.4 Å². The van der Waals surface area contributed by atoms with Crippen LogP contribution < -0.4 is 5.73 Å². The molecule has 0 saturated carbocycles. The Morgan fingerprint density at radius 2 is 1.84 bits per heavy atom. The number of nitrogens with zero attached hydrogens (tertiary/aromatic N) is 1. The molecule has 0 bridgehead atoms. The van der Waals surface area contributed by atoms with Gasteiger partial charge in [0.2, 0.25) is 5.91 Å². The molecule has 2 aromatic carbocycles. The van der Waals surface area contributed by atoms with E-state index in [0.29, 0.717) is 19.5 Å². The average molecular weight is 335 g/mol. The molecule has 25 heavy (non-hydrogen) atoms. The summed E-state index contributed by atoms with van der Waals surface area (Å²) in [6, 6.07) is 17.8. The van der Waals surface area contributed by atoms with E-state index in [4.69, 9.17) is 5.73 Å². The fourth-order valence-corrected chi connectivity index (χ4v) is 3.19. The highest BCUT2D eigenvalue weighted by Gasteiger charge is 2.21. The van der Waals surface area contributed by atoms with Crippen LogP contribution in [0.3, 0.4) is 0 Å². The van der Waals surface area contributed by atoms with Gasteiger partial charge in [-0.3, -0.25) is 4.79 Å². The number of H-pyrrole nitrogens is 1. The van der Waals surface area contributed by atoms with Crippen LogP contribution in [-0.4, -0.2) is 34.9 Å². The number of hydrogen-bond donors (Lipinski definition) is 2. The van der Waals surface area contributed by atoms with Crippen molar-refractivity contribution in [1.82, 2.24) is 9.88 Å². The Morgan fingerprint density at radius 3 is 2.60 bits per heavy atom. The van der Waals surface area contributed by atoms with Crippen LogP contribution in [-0.2, 0) is 17.6 Å². The molecule has 4 nitrogen and oxygen atoms in total. The lowest BCUT2D eigenvalue weighted by molar-refractivity contribution is -0.132. The Hall–Kier alpha value is -2.59. The summed E-state index contributed by atoms with van der Waals surface area (Å²) >= 11 is 0. The van der Waals surface area contributed by atoms with Gasteiger partial charge in [0.05, 0.1) is 6.04 Å². The molecule has 0 unspecified atom stereocenters. The van der Waals surface area contributed by atoms with Crippen molar-refractivity contribution in [2.75, 3.05) is 13.1 Å². The van der Waals surface area contributed by atoms with Crippen LogP contribution in [0.4, 0.5) is 0 Å². The largest absolute Gasteiger partial charge is 0.361 e. The number of aromatic nitrogens is 1. The minimum Gasteiger partial charge on any atom is -0.361 e. The van der Waals surface area contributed by atoms with Crippen LogP contribution in [0.2, 0.25) is 0 Å². The minimum atomic E-state index is -0.519. The number of rotatable bonds is 7. The Labute approximate surface area is 148 Å². The summed E-state index contributed by atoms with van der Waals surface area (Å²) in [6.07, 6.45) is 3.35. The number of hydrogen-bond acceptors (Lipinski definition) is 2. The van der Waals surface area contributed by atoms with Crippen molar-refractivity contribution in [3.05, 3.63) is 71.9 Å². The number of benzene rings is 2. The molecule has 130 valence electrons. The number of carbonyl (C=O) groups is 1. The second kappa shape index (κ2) is 7.99. The van der Waals surface area contributed by atoms with Gasteiger partial charge in [0.25, 0.3) is 0 Å². The highest BCUT2D eigenvalue weighted by atomic mass is 16.2. The molecule has 4 heteroatoms. The molecular formula is C21H25N3O. The first-order chi connectivity index (χ1) is 12.2. The van der Waals surface area contributed by atoms with Gasteiger partial charge in [0.1, 0.15) is 0 Å². The second-order valence-electron chi connectivity index (χ2n) is 6.32. The highest BCUT2D eigenvalue weighted by molar-refractivity contribution is 5.86. The predicted octanol–water partition coefficient (Wildman–Crippen LogP) is 3.13. The minimum absolute atomic E-state index is 0.0173. The van der Waals surface area contributed by atoms with Crippen molar-refractivity contribution >= 4 is 16.8 Å². The molecule has 0 aliphatic carbocycles. The van der Waals surface area contributed by atoms with E-state index in [9.17, 15) is 4.79 Å². The van der Waals surface area contributed by atoms with E-state index < -0.39 is 6.04 Å². The van der Waals surface area contributed by atoms with Gasteiger partial charge >= 0.3 is 0 Å². The van der Waals surface area contributed by atoms with E-state index in [1.165, 1.54) is 5.56 Å². The van der Waals surface area contributed by atoms with Crippen molar-refractivity contribution in [1.29, 1.82) is 0 Å². The number of amides is 1. The smallest absolute Gasteiger partial charge is 0.239 e. The molecule has 1 heterocycles. The maximum absolute atomic E-state index is 12.7. The Kier molecular flexibility index (Phi) is 5.51. The molecule has 0 spiro atoms. The molecular weight excluding hydrogens is 310 g/mol. The molecule has 0 radical (unpaired) electrons. The van der Waals surface area contributed by atoms with E-state index in [2.05, 4.69) is 23.2 Å². The number of aromatic amines is 1. The molecule has 1 aromatic heterocycles. The Bertz CT molecular complexity index is 825. The molecule has 3 rings (SSSR count). The van der Waals surface area contributed by atoms with Crippen LogP contribution in [0.25, 0.3) is 10.9 Å². The zero-order valence-electron chi connectivity index (χ0n) is 14.6. The zero-order chi connectivity index (χ0) is 17.6. The van der Waals surface area contributed by atoms with Gasteiger partial charge in [-0.15, -0.1) is 0 Å². The maximum Gasteiger partial charge on any atom is 0.239 e. The lowest BCUT2D eigenvalue weighted by Crippen LogP contribution is -2.45. The maximum atomic E-state index is 12.7. The quantitative estimate of drug-likeness (QED) is 0.697. The first kappa shape index (κ1) is 17.2. The lowest BCUT2D eigenvalue weighted by Gasteiger charge is -2.24. The topological polar surface area (TPSA) is 62.1 Å². The Balaban J connectivity index is 1.63. The van der Waals surface area contributed by atoms with Crippen molar-refractivity contribution in [3.8, 4) is 0 Å². The number of likely N-dealkylation sites (N-methyl/N-ethyl adjacent to an activating group) is 1. The second-order valence-corrected chi connectivity index (χ2v) is 6.32. The van der Waals surface area contributed by atoms with Crippen molar-refractivity contribution < 1.29 is 4.79 Å². The SMILES string of the molecule is CCN(CCc1ccccc1)C(=O)[C@@H](N)Cc1c[nH]c2ccccc12. The van der Waals surface area contributed by atoms with Gasteiger partial charge in [-0.05, 0) is 37.0 Å². The lowest BCUT2D eigenvalue weighted by atomic mass is 10.0. The summed E-state index contributed by atoms with van der Waals surface area (Å²) in [4.78, 5) is 17.8. The molecule has 0 fully saturated rings. The van der Waals surface area contributed by atoms with Crippen LogP contribution in [0.15, 0.2) is 60.8 Å². The van der Waals surface area contributed by atoms with Gasteiger partial charge < -0.3 is 15.6 Å². The number of nitrogens with one attached hydrogen (secondary N) is 1. The summed E-state index contributed by atoms with van der Waals surface area (Å²) in [6.45, 7) is 3.37. The number of carbonyl (C=O) groups excluding carboxylic acids is 1. The third-order valence-corrected chi connectivity index (χ3v) is 4.64. The molecule has 0 aliphatic rings. The van der Waals surface area contributed by atoms with Gasteiger partial charge in [-0.2, -0.15) is 0 Å². The van der Waals surface area contributed by atoms with E-state index in [-0.39, 0.29) is 5.91 Å². The zero-order valence-corrected chi connectivity index (χ0v) is 14.6. The van der Waals surface area contributed by atoms with E-state index in [1.54, 1.807) is 0 Å². The first-order valence-electron chi connectivity index (χ1n) is 8.82. The molecule has 3 aromatic rings. The molecule has 0 saturated heterocycles. The predicted molar refractivity (Wildman–Crippen MR) is 102 cm³/mol. The van der Waals surface area contributed by atoms with Crippen LogP contribution in [0.1, 0.15) is 18.1 Å². The summed E-state index contributed by atoms with van der Waals surface area (Å²) in [7, 11) is 0. The number of nitrogens with two attached hydrogens (primary N) is 1. The van der Waals surface area contributed by atoms with Crippen LogP contribution >= 0.6 is 0 Å². The summed E-state index contributed by atoms with van der Waals surface area (Å²) in [5.74, 6) is 0.0173. The summed E-state index contributed by atoms with van der Waals surface area (Å²) in [5.41, 5.74) is 9.65. The molecule has 1 amide bonds. The first-order valence-corrected chi connectivity index (χ1v) is 8.82. The average Bonchev–Trinajstić information content (AvgIpc) is 3.06. The normalized spacial score (nSPS) is 12.2. The molecule has 0 aliphatic heterocycles. The van der Waals surface area contributed by atoms with Gasteiger partial charge in [-0.25, -0.2) is 0 Å². The fourth-order valence-electron chi connectivity index (χ4n) is 3.19. The van der Waals surface area contributed by atoms with E-state index >= 15 is 0 Å². The third-order valence-electron chi connectivity index (χ3n) is 4.64. The molecule has 3 N–H and O–H groups in total. The van der Waals surface area contributed by atoms with Crippen molar-refractivity contribution in [2.45, 2.75) is 25.8 Å². The standard InChI is InChI=1S/C21H25N3O/c1-2-24(13-12-16-8-4-3-5-9-16)21(25)19(22)14-17-15-23-20-11-7-6-10-18(17)20/h3-11,15,19,23H,2,12-14,22H2,1H3/t19-/m0/s1. The number of para-hydroxylation sites is 1. The number of fused-ring (bicyclic) bond motifs is 1. The molecule has 1 atom stereocenters. The van der Waals surface area contributed by atoms with E-state index in [0.717, 1.165) is 22.9 Å². The highest BCUT2D eigenvalue weighted by Crippen LogP contribution is 2.19. The summed E-state index contributed by atoms with van der Waals surface area (Å²) in [5, 5.41) is 1.14. The van der Waals surface area contributed by atoms with Crippen LogP contribution in [0.5, 0.6) is 0 Å². The van der Waals surface area contributed by atoms with Gasteiger partial charge in [0, 0.05) is 30.2 Å². The van der Waals surface area contributed by atoms with Gasteiger partial charge in [0.15, 0.2) is 0 Å². The monoisotopic (exact) mass is 335 g/mol. The van der Waals surface area contributed by atoms with Crippen molar-refractivity contribution in [2.24, 2.45) is 5.73 Å². The van der Waals surface area contributed by atoms with Crippen molar-refractivity contribution in [3.63, 3.8) is 0 Å². The Morgan fingerprint density at radius 1 is 1.12 bits per heavy atom.